The molecule has 2 unspecified atom stereocenters. The summed E-state index contributed by atoms with van der Waals surface area (Å²) in [6.45, 7) is 3.24. The van der Waals surface area contributed by atoms with E-state index in [-0.39, 0.29) is 12.5 Å². The maximum Gasteiger partial charge on any atom is 0.325 e. The van der Waals surface area contributed by atoms with E-state index in [9.17, 15) is 9.90 Å². The Morgan fingerprint density at radius 2 is 2.20 bits per heavy atom. The average Bonchev–Trinajstić information content (AvgIpc) is 2.28. The van der Waals surface area contributed by atoms with Gasteiger partial charge in [0, 0.05) is 13.2 Å². The number of rotatable bonds is 4. The van der Waals surface area contributed by atoms with Gasteiger partial charge in [0.25, 0.3) is 0 Å². The van der Waals surface area contributed by atoms with Gasteiger partial charge in [-0.05, 0) is 25.7 Å². The Bertz CT molecular complexity index is 204. The predicted molar refractivity (Wildman–Crippen MR) is 54.2 cm³/mol. The van der Waals surface area contributed by atoms with Crippen molar-refractivity contribution in [3.05, 3.63) is 0 Å². The highest BCUT2D eigenvalue weighted by Crippen LogP contribution is 2.20. The Kier molecular flexibility index (Phi) is 5.01. The number of hydrogen-bond acceptors (Lipinski definition) is 5. The quantitative estimate of drug-likeness (QED) is 0.630. The molecule has 5 nitrogen and oxygen atoms in total. The summed E-state index contributed by atoms with van der Waals surface area (Å²) in [5.41, 5.74) is 5.61. The third-order valence-corrected chi connectivity index (χ3v) is 2.68. The number of carbonyl (C=O) groups is 1. The molecule has 88 valence electrons. The van der Waals surface area contributed by atoms with Crippen molar-refractivity contribution in [3.8, 4) is 0 Å². The maximum atomic E-state index is 11.3. The Hall–Kier alpha value is -0.650. The van der Waals surface area contributed by atoms with Crippen LogP contribution in [0.3, 0.4) is 0 Å². The molecule has 2 atom stereocenters. The minimum absolute atomic E-state index is 0.0400. The van der Waals surface area contributed by atoms with Crippen LogP contribution >= 0.6 is 0 Å². The lowest BCUT2D eigenvalue weighted by Crippen LogP contribution is -2.47. The maximum absolute atomic E-state index is 11.3. The summed E-state index contributed by atoms with van der Waals surface area (Å²) in [5.74, 6) is -0.491. The highest BCUT2D eigenvalue weighted by atomic mass is 16.5. The molecule has 1 rings (SSSR count). The monoisotopic (exact) mass is 217 g/mol. The Morgan fingerprint density at radius 1 is 1.60 bits per heavy atom. The normalized spacial score (nSPS) is 22.1. The molecule has 15 heavy (non-hydrogen) atoms. The van der Waals surface area contributed by atoms with Crippen molar-refractivity contribution in [3.63, 3.8) is 0 Å². The van der Waals surface area contributed by atoms with Gasteiger partial charge >= 0.3 is 5.97 Å². The molecule has 0 aromatic carbocycles. The van der Waals surface area contributed by atoms with E-state index in [4.69, 9.17) is 15.2 Å². The summed E-state index contributed by atoms with van der Waals surface area (Å²) >= 11 is 0. The molecule has 1 heterocycles. The predicted octanol–water partition coefficient (Wildman–Crippen LogP) is -0.336. The standard InChI is InChI=1S/C10H19NO4/c1-2-15-10(13)8(11)9(12)7-3-5-14-6-4-7/h7-9,12H,2-6,11H2,1H3. The van der Waals surface area contributed by atoms with E-state index in [1.807, 2.05) is 0 Å². The van der Waals surface area contributed by atoms with E-state index < -0.39 is 18.1 Å². The average molecular weight is 217 g/mol. The third-order valence-electron chi connectivity index (χ3n) is 2.68. The molecule has 0 saturated carbocycles. The molecule has 1 aliphatic heterocycles. The zero-order valence-corrected chi connectivity index (χ0v) is 9.02. The third kappa shape index (κ3) is 3.44. The molecule has 3 N–H and O–H groups in total. The van der Waals surface area contributed by atoms with Gasteiger partial charge in [0.1, 0.15) is 6.04 Å². The number of esters is 1. The fraction of sp³-hybridized carbons (Fsp3) is 0.900. The first-order chi connectivity index (χ1) is 7.16. The number of carbonyl (C=O) groups excluding carboxylic acids is 1. The van der Waals surface area contributed by atoms with Gasteiger partial charge in [-0.3, -0.25) is 4.79 Å². The topological polar surface area (TPSA) is 81.8 Å². The van der Waals surface area contributed by atoms with E-state index in [1.54, 1.807) is 6.92 Å². The van der Waals surface area contributed by atoms with Crippen LogP contribution in [0.4, 0.5) is 0 Å². The second-order valence-electron chi connectivity index (χ2n) is 3.72. The van der Waals surface area contributed by atoms with Gasteiger partial charge in [-0.2, -0.15) is 0 Å². The fourth-order valence-electron chi connectivity index (χ4n) is 1.73. The largest absolute Gasteiger partial charge is 0.465 e. The molecule has 0 radical (unpaired) electrons. The van der Waals surface area contributed by atoms with Gasteiger partial charge < -0.3 is 20.3 Å². The Morgan fingerprint density at radius 3 is 2.73 bits per heavy atom. The lowest BCUT2D eigenvalue weighted by atomic mass is 9.90. The molecule has 1 fully saturated rings. The minimum atomic E-state index is -0.937. The summed E-state index contributed by atoms with van der Waals surface area (Å²) in [7, 11) is 0. The molecule has 0 bridgehead atoms. The van der Waals surface area contributed by atoms with E-state index >= 15 is 0 Å². The Labute approximate surface area is 89.5 Å². The summed E-state index contributed by atoms with van der Waals surface area (Å²) in [6, 6.07) is -0.937. The first-order valence-electron chi connectivity index (χ1n) is 5.34. The number of ether oxygens (including phenoxy) is 2. The lowest BCUT2D eigenvalue weighted by molar-refractivity contribution is -0.149. The molecular weight excluding hydrogens is 198 g/mol. The van der Waals surface area contributed by atoms with Gasteiger partial charge in [-0.15, -0.1) is 0 Å². The summed E-state index contributed by atoms with van der Waals surface area (Å²) < 4.78 is 9.93. The molecule has 5 heteroatoms. The van der Waals surface area contributed by atoms with Gasteiger partial charge in [0.15, 0.2) is 0 Å². The summed E-state index contributed by atoms with van der Waals surface area (Å²) in [6.07, 6.45) is 0.663. The summed E-state index contributed by atoms with van der Waals surface area (Å²) in [4.78, 5) is 11.3. The molecule has 0 aromatic heterocycles. The first kappa shape index (κ1) is 12.4. The molecule has 1 saturated heterocycles. The first-order valence-corrected chi connectivity index (χ1v) is 5.34. The molecular formula is C10H19NO4. The van der Waals surface area contributed by atoms with Crippen LogP contribution in [0.1, 0.15) is 19.8 Å². The van der Waals surface area contributed by atoms with Gasteiger partial charge in [0.2, 0.25) is 0 Å². The highest BCUT2D eigenvalue weighted by molar-refractivity contribution is 5.76. The zero-order chi connectivity index (χ0) is 11.3. The minimum Gasteiger partial charge on any atom is -0.465 e. The lowest BCUT2D eigenvalue weighted by Gasteiger charge is -2.29. The molecule has 0 spiro atoms. The number of aliphatic hydroxyl groups is 1. The molecule has 0 amide bonds. The van der Waals surface area contributed by atoms with Crippen LogP contribution in [-0.2, 0) is 14.3 Å². The van der Waals surface area contributed by atoms with Gasteiger partial charge in [-0.25, -0.2) is 0 Å². The van der Waals surface area contributed by atoms with Crippen LogP contribution in [0.25, 0.3) is 0 Å². The second-order valence-corrected chi connectivity index (χ2v) is 3.72. The van der Waals surface area contributed by atoms with Crippen LogP contribution in [0.2, 0.25) is 0 Å². The van der Waals surface area contributed by atoms with Crippen molar-refractivity contribution in [2.24, 2.45) is 11.7 Å². The summed E-state index contributed by atoms with van der Waals surface area (Å²) in [5, 5.41) is 9.86. The highest BCUT2D eigenvalue weighted by Gasteiger charge is 2.31. The second kappa shape index (κ2) is 6.05. The van der Waals surface area contributed by atoms with Crippen LogP contribution in [-0.4, -0.2) is 43.0 Å². The van der Waals surface area contributed by atoms with Crippen molar-refractivity contribution in [1.82, 2.24) is 0 Å². The SMILES string of the molecule is CCOC(=O)C(N)C(O)C1CCOCC1. The van der Waals surface area contributed by atoms with Crippen molar-refractivity contribution in [1.29, 1.82) is 0 Å². The zero-order valence-electron chi connectivity index (χ0n) is 9.02. The van der Waals surface area contributed by atoms with E-state index in [1.165, 1.54) is 0 Å². The van der Waals surface area contributed by atoms with Crippen LogP contribution in [0.15, 0.2) is 0 Å². The van der Waals surface area contributed by atoms with Crippen molar-refractivity contribution in [2.75, 3.05) is 19.8 Å². The molecule has 1 aliphatic rings. The molecule has 0 aliphatic carbocycles. The van der Waals surface area contributed by atoms with E-state index in [0.717, 1.165) is 12.8 Å². The van der Waals surface area contributed by atoms with Crippen LogP contribution in [0.5, 0.6) is 0 Å². The van der Waals surface area contributed by atoms with Crippen molar-refractivity contribution >= 4 is 5.97 Å². The van der Waals surface area contributed by atoms with Gasteiger partial charge in [0.05, 0.1) is 12.7 Å². The number of aliphatic hydroxyl groups excluding tert-OH is 1. The Balaban J connectivity index is 2.43. The molecule has 0 aromatic rings. The van der Waals surface area contributed by atoms with Gasteiger partial charge in [-0.1, -0.05) is 0 Å². The van der Waals surface area contributed by atoms with E-state index in [2.05, 4.69) is 0 Å². The fourth-order valence-corrected chi connectivity index (χ4v) is 1.73. The number of nitrogens with two attached hydrogens (primary N) is 1. The smallest absolute Gasteiger partial charge is 0.325 e. The van der Waals surface area contributed by atoms with Crippen LogP contribution < -0.4 is 5.73 Å². The van der Waals surface area contributed by atoms with Crippen molar-refractivity contribution < 1.29 is 19.4 Å². The van der Waals surface area contributed by atoms with Crippen molar-refractivity contribution in [2.45, 2.75) is 31.9 Å². The van der Waals surface area contributed by atoms with E-state index in [0.29, 0.717) is 13.2 Å². The number of hydrogen-bond donors (Lipinski definition) is 2. The van der Waals surface area contributed by atoms with Crippen LogP contribution in [0, 0.1) is 5.92 Å².